The Balaban J connectivity index is 1.46. The van der Waals surface area contributed by atoms with Gasteiger partial charge in [0.05, 0.1) is 28.8 Å². The van der Waals surface area contributed by atoms with Crippen LogP contribution in [0, 0.1) is 17.0 Å². The number of halogens is 1. The van der Waals surface area contributed by atoms with Crippen molar-refractivity contribution in [2.45, 2.75) is 6.92 Å². The highest BCUT2D eigenvalue weighted by atomic mass is 35.5. The van der Waals surface area contributed by atoms with Crippen LogP contribution in [-0.4, -0.2) is 67.4 Å². The summed E-state index contributed by atoms with van der Waals surface area (Å²) in [5.41, 5.74) is 1.70. The average molecular weight is 419 g/mol. The van der Waals surface area contributed by atoms with Gasteiger partial charge in [-0.15, -0.1) is 0 Å². The van der Waals surface area contributed by atoms with Crippen LogP contribution < -0.4 is 14.7 Å². The lowest BCUT2D eigenvalue weighted by atomic mass is 10.1. The standard InChI is InChI=1S/C19H23ClN6O3/c1-14-10-15(26(27)28)11-16(20)19(14)25-4-2-23(3-5-25)17-12-18(22-13-21-17)24-6-8-29-9-7-24/h10-13H,2-9H2,1H3. The van der Waals surface area contributed by atoms with Crippen LogP contribution >= 0.6 is 11.6 Å². The lowest BCUT2D eigenvalue weighted by Crippen LogP contribution is -2.47. The third-order valence-electron chi connectivity index (χ3n) is 5.34. The van der Waals surface area contributed by atoms with E-state index in [9.17, 15) is 10.1 Å². The molecule has 0 radical (unpaired) electrons. The number of hydrogen-bond acceptors (Lipinski definition) is 8. The molecule has 0 N–H and O–H groups in total. The molecule has 2 aliphatic rings. The molecule has 2 saturated heterocycles. The van der Waals surface area contributed by atoms with Gasteiger partial charge < -0.3 is 19.4 Å². The van der Waals surface area contributed by atoms with Gasteiger partial charge >= 0.3 is 0 Å². The van der Waals surface area contributed by atoms with E-state index in [1.165, 1.54) is 6.07 Å². The molecule has 0 spiro atoms. The Morgan fingerprint density at radius 3 is 2.14 bits per heavy atom. The van der Waals surface area contributed by atoms with Crippen molar-refractivity contribution in [3.05, 3.63) is 45.2 Å². The third-order valence-corrected chi connectivity index (χ3v) is 5.63. The van der Waals surface area contributed by atoms with E-state index in [1.807, 2.05) is 13.0 Å². The highest BCUT2D eigenvalue weighted by Crippen LogP contribution is 2.34. The first kappa shape index (κ1) is 19.7. The molecule has 0 aliphatic carbocycles. The zero-order valence-corrected chi connectivity index (χ0v) is 17.0. The van der Waals surface area contributed by atoms with Crippen molar-refractivity contribution < 1.29 is 9.66 Å². The number of nitro groups is 1. The summed E-state index contributed by atoms with van der Waals surface area (Å²) in [6, 6.07) is 5.03. The second-order valence-electron chi connectivity index (χ2n) is 7.16. The van der Waals surface area contributed by atoms with Crippen LogP contribution in [0.3, 0.4) is 0 Å². The van der Waals surface area contributed by atoms with E-state index in [0.29, 0.717) is 18.2 Å². The van der Waals surface area contributed by atoms with Gasteiger partial charge in [0, 0.05) is 57.5 Å². The number of aryl methyl sites for hydroxylation is 1. The molecule has 0 amide bonds. The number of hydrogen-bond donors (Lipinski definition) is 0. The third kappa shape index (κ3) is 4.20. The first-order valence-electron chi connectivity index (χ1n) is 9.62. The van der Waals surface area contributed by atoms with Crippen molar-refractivity contribution in [1.29, 1.82) is 0 Å². The van der Waals surface area contributed by atoms with Crippen molar-refractivity contribution in [3.8, 4) is 0 Å². The molecule has 29 heavy (non-hydrogen) atoms. The smallest absolute Gasteiger partial charge is 0.271 e. The maximum absolute atomic E-state index is 11.0. The molecule has 0 unspecified atom stereocenters. The molecule has 0 bridgehead atoms. The summed E-state index contributed by atoms with van der Waals surface area (Å²) in [6.45, 7) is 8.05. The predicted molar refractivity (Wildman–Crippen MR) is 112 cm³/mol. The number of nitrogens with zero attached hydrogens (tertiary/aromatic N) is 6. The van der Waals surface area contributed by atoms with Gasteiger partial charge in [-0.2, -0.15) is 0 Å². The van der Waals surface area contributed by atoms with Gasteiger partial charge in [0.1, 0.15) is 18.0 Å². The van der Waals surface area contributed by atoms with E-state index in [2.05, 4.69) is 24.7 Å². The van der Waals surface area contributed by atoms with E-state index in [4.69, 9.17) is 16.3 Å². The number of anilines is 3. The van der Waals surface area contributed by atoms with Gasteiger partial charge in [-0.25, -0.2) is 9.97 Å². The van der Waals surface area contributed by atoms with E-state index in [-0.39, 0.29) is 5.69 Å². The van der Waals surface area contributed by atoms with Gasteiger partial charge in [0.25, 0.3) is 5.69 Å². The fourth-order valence-electron chi connectivity index (χ4n) is 3.86. The minimum atomic E-state index is -0.415. The maximum atomic E-state index is 11.0. The van der Waals surface area contributed by atoms with Crippen molar-refractivity contribution in [3.63, 3.8) is 0 Å². The molecule has 2 fully saturated rings. The number of non-ortho nitro benzene ring substituents is 1. The Morgan fingerprint density at radius 2 is 1.55 bits per heavy atom. The minimum absolute atomic E-state index is 0.0199. The van der Waals surface area contributed by atoms with Crippen LogP contribution in [0.1, 0.15) is 5.56 Å². The van der Waals surface area contributed by atoms with E-state index >= 15 is 0 Å². The molecule has 4 rings (SSSR count). The number of aromatic nitrogens is 2. The zero-order valence-electron chi connectivity index (χ0n) is 16.3. The Morgan fingerprint density at radius 1 is 0.966 bits per heavy atom. The molecular weight excluding hydrogens is 396 g/mol. The number of piperazine rings is 1. The molecule has 0 atom stereocenters. The van der Waals surface area contributed by atoms with Crippen molar-refractivity contribution >= 4 is 34.6 Å². The molecular formula is C19H23ClN6O3. The molecule has 1 aromatic carbocycles. The Kier molecular flexibility index (Phi) is 5.68. The topological polar surface area (TPSA) is 87.9 Å². The normalized spacial score (nSPS) is 17.5. The molecule has 0 saturated carbocycles. The van der Waals surface area contributed by atoms with E-state index < -0.39 is 4.92 Å². The summed E-state index contributed by atoms with van der Waals surface area (Å²) in [5, 5.41) is 11.5. The number of morpholine rings is 1. The Bertz CT molecular complexity index is 874. The lowest BCUT2D eigenvalue weighted by Gasteiger charge is -2.38. The van der Waals surface area contributed by atoms with Crippen LogP contribution in [0.2, 0.25) is 5.02 Å². The van der Waals surface area contributed by atoms with Gasteiger partial charge in [-0.05, 0) is 12.5 Å². The molecule has 154 valence electrons. The average Bonchev–Trinajstić information content (AvgIpc) is 2.74. The van der Waals surface area contributed by atoms with Crippen molar-refractivity contribution in [2.75, 3.05) is 67.2 Å². The summed E-state index contributed by atoms with van der Waals surface area (Å²) in [4.78, 5) is 26.1. The van der Waals surface area contributed by atoms with Crippen LogP contribution in [-0.2, 0) is 4.74 Å². The van der Waals surface area contributed by atoms with E-state index in [0.717, 1.165) is 62.2 Å². The van der Waals surface area contributed by atoms with E-state index in [1.54, 1.807) is 12.4 Å². The second kappa shape index (κ2) is 8.38. The summed E-state index contributed by atoms with van der Waals surface area (Å²) >= 11 is 6.38. The maximum Gasteiger partial charge on any atom is 0.271 e. The number of rotatable bonds is 4. The monoisotopic (exact) mass is 418 g/mol. The van der Waals surface area contributed by atoms with Crippen LogP contribution in [0.25, 0.3) is 0 Å². The molecule has 2 aromatic rings. The van der Waals surface area contributed by atoms with Crippen LogP contribution in [0.5, 0.6) is 0 Å². The van der Waals surface area contributed by atoms with Gasteiger partial charge in [0.2, 0.25) is 0 Å². The molecule has 3 heterocycles. The quantitative estimate of drug-likeness (QED) is 0.552. The summed E-state index contributed by atoms with van der Waals surface area (Å²) in [7, 11) is 0. The molecule has 9 nitrogen and oxygen atoms in total. The first-order chi connectivity index (χ1) is 14.0. The Labute approximate surface area is 174 Å². The largest absolute Gasteiger partial charge is 0.378 e. The SMILES string of the molecule is Cc1cc([N+](=O)[O-])cc(Cl)c1N1CCN(c2cc(N3CCOCC3)ncn2)CC1. The summed E-state index contributed by atoms with van der Waals surface area (Å²) in [5.74, 6) is 1.84. The van der Waals surface area contributed by atoms with Gasteiger partial charge in [-0.1, -0.05) is 11.6 Å². The zero-order chi connectivity index (χ0) is 20.4. The summed E-state index contributed by atoms with van der Waals surface area (Å²) in [6.07, 6.45) is 1.61. The fourth-order valence-corrected chi connectivity index (χ4v) is 4.24. The van der Waals surface area contributed by atoms with Crippen LogP contribution in [0.4, 0.5) is 23.0 Å². The number of benzene rings is 1. The van der Waals surface area contributed by atoms with Crippen molar-refractivity contribution in [1.82, 2.24) is 9.97 Å². The highest BCUT2D eigenvalue weighted by Gasteiger charge is 2.24. The number of nitro benzene ring substituents is 1. The molecule has 2 aliphatic heterocycles. The lowest BCUT2D eigenvalue weighted by molar-refractivity contribution is -0.384. The molecule has 1 aromatic heterocycles. The minimum Gasteiger partial charge on any atom is -0.378 e. The van der Waals surface area contributed by atoms with Gasteiger partial charge in [0.15, 0.2) is 0 Å². The molecule has 10 heteroatoms. The fraction of sp³-hybridized carbons (Fsp3) is 0.474. The second-order valence-corrected chi connectivity index (χ2v) is 7.57. The van der Waals surface area contributed by atoms with Crippen molar-refractivity contribution in [2.24, 2.45) is 0 Å². The highest BCUT2D eigenvalue weighted by molar-refractivity contribution is 6.33. The Hall–Kier alpha value is -2.65. The predicted octanol–water partition coefficient (Wildman–Crippen LogP) is 2.51. The first-order valence-corrected chi connectivity index (χ1v) is 10.00. The summed E-state index contributed by atoms with van der Waals surface area (Å²) < 4.78 is 5.41. The number of ether oxygens (including phenoxy) is 1. The van der Waals surface area contributed by atoms with Gasteiger partial charge in [-0.3, -0.25) is 10.1 Å². The van der Waals surface area contributed by atoms with Crippen LogP contribution in [0.15, 0.2) is 24.5 Å².